The molecule has 0 amide bonds. The molecule has 1 atom stereocenters. The first-order valence-corrected chi connectivity index (χ1v) is 11.3. The third kappa shape index (κ3) is 6.46. The highest BCUT2D eigenvalue weighted by Crippen LogP contribution is 2.36. The van der Waals surface area contributed by atoms with E-state index in [0.29, 0.717) is 29.4 Å². The van der Waals surface area contributed by atoms with Gasteiger partial charge >= 0.3 is 0 Å². The van der Waals surface area contributed by atoms with Gasteiger partial charge < -0.3 is 16.0 Å². The van der Waals surface area contributed by atoms with Crippen molar-refractivity contribution in [2.45, 2.75) is 84.6 Å². The van der Waals surface area contributed by atoms with E-state index < -0.39 is 0 Å². The maximum absolute atomic E-state index is 5.80. The number of benzene rings is 1. The van der Waals surface area contributed by atoms with E-state index in [9.17, 15) is 0 Å². The largest absolute Gasteiger partial charge is 0.367 e. The molecule has 1 aromatic rings. The maximum Gasteiger partial charge on any atom is 0.0936 e. The van der Waals surface area contributed by atoms with Crippen LogP contribution in [0.2, 0.25) is 0 Å². The molecule has 0 radical (unpaired) electrons. The lowest BCUT2D eigenvalue weighted by molar-refractivity contribution is 0.401. The first-order chi connectivity index (χ1) is 13.0. The van der Waals surface area contributed by atoms with Crippen LogP contribution < -0.4 is 16.0 Å². The van der Waals surface area contributed by atoms with E-state index >= 15 is 0 Å². The maximum atomic E-state index is 5.80. The fraction of sp³-hybridized carbons (Fsp3) is 0.696. The zero-order chi connectivity index (χ0) is 19.8. The summed E-state index contributed by atoms with van der Waals surface area (Å²) in [6, 6.07) is 7.59. The van der Waals surface area contributed by atoms with Crippen LogP contribution >= 0.6 is 12.2 Å². The van der Waals surface area contributed by atoms with E-state index in [0.717, 1.165) is 12.2 Å². The van der Waals surface area contributed by atoms with Crippen molar-refractivity contribution in [1.29, 1.82) is 0 Å². The summed E-state index contributed by atoms with van der Waals surface area (Å²) in [5.74, 6) is 1.18. The van der Waals surface area contributed by atoms with E-state index in [1.54, 1.807) is 0 Å². The molecule has 2 rings (SSSR count). The van der Waals surface area contributed by atoms with Crippen molar-refractivity contribution in [1.82, 2.24) is 0 Å². The molecule has 1 aliphatic carbocycles. The third-order valence-corrected chi connectivity index (χ3v) is 5.93. The first-order valence-electron chi connectivity index (χ1n) is 10.9. The Morgan fingerprint density at radius 2 is 1.93 bits per heavy atom. The molecule has 1 unspecified atom stereocenters. The van der Waals surface area contributed by atoms with Crippen LogP contribution in [0, 0.1) is 5.92 Å². The second kappa shape index (κ2) is 11.0. The lowest BCUT2D eigenvalue weighted by Gasteiger charge is -2.38. The number of nitrogens with two attached hydrogens (primary N) is 1. The van der Waals surface area contributed by atoms with Crippen molar-refractivity contribution in [3.8, 4) is 0 Å². The Morgan fingerprint density at radius 3 is 2.52 bits per heavy atom. The highest BCUT2D eigenvalue weighted by Gasteiger charge is 2.24. The topological polar surface area (TPSA) is 41.3 Å². The molecule has 0 spiro atoms. The van der Waals surface area contributed by atoms with Crippen molar-refractivity contribution in [3.63, 3.8) is 0 Å². The molecule has 0 aliphatic heterocycles. The van der Waals surface area contributed by atoms with Crippen molar-refractivity contribution >= 4 is 28.6 Å². The summed E-state index contributed by atoms with van der Waals surface area (Å²) in [5, 5.41) is 3.46. The Hall–Kier alpha value is -1.13. The van der Waals surface area contributed by atoms with Crippen molar-refractivity contribution in [2.24, 2.45) is 11.7 Å². The number of rotatable bonds is 9. The van der Waals surface area contributed by atoms with Gasteiger partial charge in [0, 0.05) is 19.1 Å². The van der Waals surface area contributed by atoms with Gasteiger partial charge in [0.1, 0.15) is 0 Å². The van der Waals surface area contributed by atoms with Gasteiger partial charge in [-0.25, -0.2) is 0 Å². The average Bonchev–Trinajstić information content (AvgIpc) is 2.67. The van der Waals surface area contributed by atoms with Gasteiger partial charge in [0.05, 0.1) is 16.4 Å². The zero-order valence-corrected chi connectivity index (χ0v) is 18.6. The summed E-state index contributed by atoms with van der Waals surface area (Å²) in [4.78, 5) is 3.35. The Labute approximate surface area is 172 Å². The summed E-state index contributed by atoms with van der Waals surface area (Å²) in [6.07, 6.45) is 9.06. The summed E-state index contributed by atoms with van der Waals surface area (Å²) in [6.45, 7) is 10.7. The fourth-order valence-electron chi connectivity index (χ4n) is 4.24. The molecule has 27 heavy (non-hydrogen) atoms. The number of hydrogen-bond donors (Lipinski definition) is 2. The second-order valence-corrected chi connectivity index (χ2v) is 9.05. The predicted molar refractivity (Wildman–Crippen MR) is 124 cm³/mol. The number of nitrogens with one attached hydrogen (secondary N) is 1. The van der Waals surface area contributed by atoms with E-state index in [1.807, 2.05) is 0 Å². The smallest absolute Gasteiger partial charge is 0.0936 e. The first kappa shape index (κ1) is 22.2. The van der Waals surface area contributed by atoms with Gasteiger partial charge in [-0.2, -0.15) is 0 Å². The molecule has 3 N–H and O–H groups in total. The Kier molecular flexibility index (Phi) is 9.04. The monoisotopic (exact) mass is 389 g/mol. The molecule has 1 saturated carbocycles. The van der Waals surface area contributed by atoms with Crippen LogP contribution in [-0.2, 0) is 0 Å². The van der Waals surface area contributed by atoms with Crippen LogP contribution in [0.1, 0.15) is 84.1 Å². The van der Waals surface area contributed by atoms with Crippen LogP contribution in [0.5, 0.6) is 0 Å². The highest BCUT2D eigenvalue weighted by molar-refractivity contribution is 7.80. The van der Waals surface area contributed by atoms with Gasteiger partial charge in [0.2, 0.25) is 0 Å². The molecule has 3 nitrogen and oxygen atoms in total. The van der Waals surface area contributed by atoms with Crippen LogP contribution in [0.4, 0.5) is 11.4 Å². The van der Waals surface area contributed by atoms with Crippen LogP contribution in [0.3, 0.4) is 0 Å². The molecule has 152 valence electrons. The minimum atomic E-state index is 0.386. The third-order valence-electron chi connectivity index (χ3n) is 5.66. The van der Waals surface area contributed by atoms with Crippen LogP contribution in [0.15, 0.2) is 18.2 Å². The van der Waals surface area contributed by atoms with Crippen LogP contribution in [-0.4, -0.2) is 24.1 Å². The lowest BCUT2D eigenvalue weighted by atomic mass is 9.92. The second-order valence-electron chi connectivity index (χ2n) is 8.56. The summed E-state index contributed by atoms with van der Waals surface area (Å²) in [7, 11) is 0. The molecule has 1 fully saturated rings. The number of hydrogen-bond acceptors (Lipinski definition) is 3. The lowest BCUT2D eigenvalue weighted by Crippen LogP contribution is -2.40. The standard InChI is InChI=1S/C23H39N3S/c1-5-9-18(4)19-12-13-22(21(14-19)25-23(27)15-24)26(16-17(2)3)20-10-7-6-8-11-20/h12-14,17-18,20H,5-11,15-16,24H2,1-4H3,(H,25,27). The van der Waals surface area contributed by atoms with Crippen LogP contribution in [0.25, 0.3) is 0 Å². The minimum absolute atomic E-state index is 0.386. The van der Waals surface area contributed by atoms with Gasteiger partial charge in [-0.15, -0.1) is 0 Å². The van der Waals surface area contributed by atoms with Gasteiger partial charge in [0.15, 0.2) is 0 Å². The highest BCUT2D eigenvalue weighted by atomic mass is 32.1. The molecular weight excluding hydrogens is 350 g/mol. The van der Waals surface area contributed by atoms with E-state index in [2.05, 4.69) is 56.1 Å². The summed E-state index contributed by atoms with van der Waals surface area (Å²) in [5.41, 5.74) is 9.61. The minimum Gasteiger partial charge on any atom is -0.367 e. The normalized spacial score (nSPS) is 16.4. The molecule has 0 bridgehead atoms. The van der Waals surface area contributed by atoms with Gasteiger partial charge in [-0.3, -0.25) is 0 Å². The van der Waals surface area contributed by atoms with E-state index in [4.69, 9.17) is 18.0 Å². The quantitative estimate of drug-likeness (QED) is 0.502. The Bertz CT molecular complexity index is 593. The van der Waals surface area contributed by atoms with Crippen molar-refractivity contribution < 1.29 is 0 Å². The number of thiocarbonyl (C=S) groups is 1. The SMILES string of the molecule is CCCC(C)c1ccc(N(CC(C)C)C2CCCCC2)c(NC(=S)CN)c1. The molecule has 0 aromatic heterocycles. The average molecular weight is 390 g/mol. The van der Waals surface area contributed by atoms with Crippen molar-refractivity contribution in [2.75, 3.05) is 23.3 Å². The Balaban J connectivity index is 2.40. The number of nitrogens with zero attached hydrogens (tertiary/aromatic N) is 1. The summed E-state index contributed by atoms with van der Waals surface area (Å²) < 4.78 is 0. The molecule has 4 heteroatoms. The molecule has 0 saturated heterocycles. The molecule has 0 heterocycles. The van der Waals surface area contributed by atoms with E-state index in [1.165, 1.54) is 56.2 Å². The van der Waals surface area contributed by atoms with Gasteiger partial charge in [0.25, 0.3) is 0 Å². The van der Waals surface area contributed by atoms with Gasteiger partial charge in [-0.1, -0.05) is 71.7 Å². The Morgan fingerprint density at radius 1 is 1.22 bits per heavy atom. The molecular formula is C23H39N3S. The summed E-state index contributed by atoms with van der Waals surface area (Å²) >= 11 is 5.43. The van der Waals surface area contributed by atoms with Gasteiger partial charge in [-0.05, 0) is 48.8 Å². The molecule has 1 aliphatic rings. The fourth-order valence-corrected chi connectivity index (χ4v) is 4.35. The predicted octanol–water partition coefficient (Wildman–Crippen LogP) is 6.08. The molecule has 1 aromatic carbocycles. The number of anilines is 2. The zero-order valence-electron chi connectivity index (χ0n) is 17.8. The van der Waals surface area contributed by atoms with Crippen molar-refractivity contribution in [3.05, 3.63) is 23.8 Å². The van der Waals surface area contributed by atoms with E-state index in [-0.39, 0.29) is 0 Å².